The second-order valence-corrected chi connectivity index (χ2v) is 2.76. The summed E-state index contributed by atoms with van der Waals surface area (Å²) in [6.07, 6.45) is 8.25. The highest BCUT2D eigenvalue weighted by atomic mass is 14.6. The average Bonchev–Trinajstić information content (AvgIpc) is 2.56. The fourth-order valence-corrected chi connectivity index (χ4v) is 0.625. The molecule has 19 heavy (non-hydrogen) atoms. The van der Waals surface area contributed by atoms with Crippen LogP contribution in [0.5, 0.6) is 0 Å². The Morgan fingerprint density at radius 1 is 0.526 bits per heavy atom. The van der Waals surface area contributed by atoms with Gasteiger partial charge >= 0.3 is 0 Å². The molecular formula is C17H30N2. The van der Waals surface area contributed by atoms with Crippen LogP contribution in [0.3, 0.4) is 0 Å². The van der Waals surface area contributed by atoms with E-state index in [1.165, 1.54) is 6.42 Å². The molecule has 2 aromatic heterocycles. The lowest BCUT2D eigenvalue weighted by Gasteiger charge is -1.70. The molecule has 0 saturated carbocycles. The molecule has 0 spiro atoms. The van der Waals surface area contributed by atoms with E-state index in [-0.39, 0.29) is 0 Å². The summed E-state index contributed by atoms with van der Waals surface area (Å²) in [5.74, 6) is 0. The quantitative estimate of drug-likeness (QED) is 0.614. The van der Waals surface area contributed by atoms with Crippen molar-refractivity contribution in [1.82, 2.24) is 9.97 Å². The molecule has 2 heteroatoms. The van der Waals surface area contributed by atoms with Crippen molar-refractivity contribution in [2.45, 2.75) is 48.0 Å². The van der Waals surface area contributed by atoms with Gasteiger partial charge in [-0.2, -0.15) is 0 Å². The van der Waals surface area contributed by atoms with E-state index in [4.69, 9.17) is 0 Å². The third-order valence-corrected chi connectivity index (χ3v) is 1.13. The molecule has 0 bridgehead atoms. The largest absolute Gasteiger partial charge is 0.265 e. The lowest BCUT2D eigenvalue weighted by atomic mass is 10.5. The molecule has 0 aromatic carbocycles. The van der Waals surface area contributed by atoms with Crippen LogP contribution in [0.1, 0.15) is 48.0 Å². The predicted molar refractivity (Wildman–Crippen MR) is 87.1 cm³/mol. The van der Waals surface area contributed by atoms with Gasteiger partial charge in [0.1, 0.15) is 0 Å². The maximum Gasteiger partial charge on any atom is 0.0267 e. The normalized spacial score (nSPS) is 6.63. The van der Waals surface area contributed by atoms with E-state index >= 15 is 0 Å². The summed E-state index contributed by atoms with van der Waals surface area (Å²) in [5.41, 5.74) is 0. The molecule has 0 fully saturated rings. The Bertz CT molecular complexity index is 198. The molecule has 0 N–H and O–H groups in total. The van der Waals surface area contributed by atoms with Gasteiger partial charge < -0.3 is 0 Å². The van der Waals surface area contributed by atoms with Crippen molar-refractivity contribution in [3.05, 3.63) is 61.2 Å². The summed E-state index contributed by atoms with van der Waals surface area (Å²) in [7, 11) is 0. The number of aromatic nitrogens is 2. The summed E-state index contributed by atoms with van der Waals surface area (Å²) in [4.78, 5) is 7.57. The summed E-state index contributed by atoms with van der Waals surface area (Å²) < 4.78 is 0. The summed E-state index contributed by atoms with van der Waals surface area (Å²) in [6, 6.07) is 11.4. The Kier molecular flexibility index (Phi) is 35.4. The van der Waals surface area contributed by atoms with Crippen LogP contribution in [-0.2, 0) is 0 Å². The van der Waals surface area contributed by atoms with Gasteiger partial charge in [-0.05, 0) is 24.3 Å². The lowest BCUT2D eigenvalue weighted by molar-refractivity contribution is 1.09. The van der Waals surface area contributed by atoms with Gasteiger partial charge in [0, 0.05) is 24.8 Å². The maximum atomic E-state index is 3.78. The van der Waals surface area contributed by atoms with Crippen molar-refractivity contribution in [3.8, 4) is 0 Å². The minimum atomic E-state index is 1.25. The molecule has 0 unspecified atom stereocenters. The smallest absolute Gasteiger partial charge is 0.0267 e. The van der Waals surface area contributed by atoms with Crippen molar-refractivity contribution >= 4 is 0 Å². The van der Waals surface area contributed by atoms with Gasteiger partial charge in [-0.3, -0.25) is 9.97 Å². The fraction of sp³-hybridized carbons (Fsp3) is 0.412. The lowest BCUT2D eigenvalue weighted by Crippen LogP contribution is -1.58. The van der Waals surface area contributed by atoms with E-state index in [1.807, 2.05) is 64.1 Å². The third-order valence-electron chi connectivity index (χ3n) is 1.13. The second kappa shape index (κ2) is 29.9. The summed E-state index contributed by atoms with van der Waals surface area (Å²) in [5, 5.41) is 0. The first-order valence-corrected chi connectivity index (χ1v) is 7.11. The zero-order chi connectivity index (χ0) is 15.2. The van der Waals surface area contributed by atoms with Crippen molar-refractivity contribution in [2.75, 3.05) is 0 Å². The molecule has 0 aliphatic carbocycles. The number of pyridine rings is 2. The zero-order valence-corrected chi connectivity index (χ0v) is 13.4. The van der Waals surface area contributed by atoms with Crippen LogP contribution >= 0.6 is 0 Å². The van der Waals surface area contributed by atoms with Crippen molar-refractivity contribution < 1.29 is 0 Å². The van der Waals surface area contributed by atoms with Crippen LogP contribution < -0.4 is 0 Å². The van der Waals surface area contributed by atoms with Gasteiger partial charge in [-0.25, -0.2) is 0 Å². The maximum absolute atomic E-state index is 3.78. The van der Waals surface area contributed by atoms with Crippen LogP contribution in [0.25, 0.3) is 0 Å². The molecule has 2 heterocycles. The summed E-state index contributed by atoms with van der Waals surface area (Å²) >= 11 is 0. The van der Waals surface area contributed by atoms with E-state index < -0.39 is 0 Å². The number of hydrogen-bond acceptors (Lipinski definition) is 2. The molecule has 108 valence electrons. The van der Waals surface area contributed by atoms with E-state index in [1.54, 1.807) is 24.8 Å². The van der Waals surface area contributed by atoms with Crippen LogP contribution in [0.15, 0.2) is 61.2 Å². The first-order valence-electron chi connectivity index (χ1n) is 7.11. The van der Waals surface area contributed by atoms with Gasteiger partial charge in [0.2, 0.25) is 0 Å². The number of nitrogens with zero attached hydrogens (tertiary/aromatic N) is 2. The van der Waals surface area contributed by atoms with E-state index in [0.717, 1.165) is 0 Å². The Labute approximate surface area is 120 Å². The van der Waals surface area contributed by atoms with Crippen LogP contribution in [0.4, 0.5) is 0 Å². The third kappa shape index (κ3) is 31.4. The van der Waals surface area contributed by atoms with Gasteiger partial charge in [0.15, 0.2) is 0 Å². The molecule has 2 aromatic rings. The van der Waals surface area contributed by atoms with Gasteiger partial charge in [0.05, 0.1) is 0 Å². The molecule has 0 aliphatic rings. The Morgan fingerprint density at radius 3 is 0.789 bits per heavy atom. The Hall–Kier alpha value is -1.70. The Balaban J connectivity index is -0.000000187. The highest BCUT2D eigenvalue weighted by Gasteiger charge is 1.59. The van der Waals surface area contributed by atoms with Crippen molar-refractivity contribution in [3.63, 3.8) is 0 Å². The minimum Gasteiger partial charge on any atom is -0.265 e. The monoisotopic (exact) mass is 262 g/mol. The standard InChI is InChI=1S/2C5H5N.C3H8.2C2H6/c2*1-2-4-6-5-3-1;1-3-2;2*1-2/h2*1-5H;3H2,1-2H3;2*1-2H3. The van der Waals surface area contributed by atoms with Crippen LogP contribution in [0.2, 0.25) is 0 Å². The minimum absolute atomic E-state index is 1.25. The second-order valence-electron chi connectivity index (χ2n) is 2.76. The molecule has 0 atom stereocenters. The van der Waals surface area contributed by atoms with Crippen LogP contribution in [-0.4, -0.2) is 9.97 Å². The van der Waals surface area contributed by atoms with Crippen molar-refractivity contribution in [1.29, 1.82) is 0 Å². The molecule has 0 saturated heterocycles. The van der Waals surface area contributed by atoms with Gasteiger partial charge in [0.25, 0.3) is 0 Å². The van der Waals surface area contributed by atoms with Gasteiger partial charge in [-0.1, -0.05) is 60.1 Å². The number of rotatable bonds is 0. The van der Waals surface area contributed by atoms with E-state index in [0.29, 0.717) is 0 Å². The summed E-state index contributed by atoms with van der Waals surface area (Å²) in [6.45, 7) is 12.2. The van der Waals surface area contributed by atoms with Crippen molar-refractivity contribution in [2.24, 2.45) is 0 Å². The Morgan fingerprint density at radius 2 is 0.737 bits per heavy atom. The molecular weight excluding hydrogens is 232 g/mol. The molecule has 0 amide bonds. The zero-order valence-electron chi connectivity index (χ0n) is 13.4. The molecule has 0 radical (unpaired) electrons. The highest BCUT2D eigenvalue weighted by molar-refractivity contribution is 4.88. The molecule has 2 nitrogen and oxygen atoms in total. The topological polar surface area (TPSA) is 25.8 Å². The predicted octanol–water partition coefficient (Wildman–Crippen LogP) is 5.63. The first-order chi connectivity index (χ1) is 9.41. The van der Waals surface area contributed by atoms with E-state index in [9.17, 15) is 0 Å². The molecule has 0 aliphatic heterocycles. The highest BCUT2D eigenvalue weighted by Crippen LogP contribution is 1.74. The fourth-order valence-electron chi connectivity index (χ4n) is 0.625. The first kappa shape index (κ1) is 22.5. The van der Waals surface area contributed by atoms with E-state index in [2.05, 4.69) is 23.8 Å². The SMILES string of the molecule is CC.CC.CCC.c1ccncc1.c1ccncc1. The van der Waals surface area contributed by atoms with Gasteiger partial charge in [-0.15, -0.1) is 0 Å². The van der Waals surface area contributed by atoms with Crippen LogP contribution in [0, 0.1) is 0 Å². The number of hydrogen-bond donors (Lipinski definition) is 0. The average molecular weight is 262 g/mol. The molecule has 2 rings (SSSR count).